The van der Waals surface area contributed by atoms with Crippen molar-refractivity contribution in [3.63, 3.8) is 0 Å². The van der Waals surface area contributed by atoms with Gasteiger partial charge in [0.1, 0.15) is 6.17 Å². The summed E-state index contributed by atoms with van der Waals surface area (Å²) in [5.74, 6) is 0. The van der Waals surface area contributed by atoms with Gasteiger partial charge in [0.25, 0.3) is 5.69 Å². The lowest BCUT2D eigenvalue weighted by molar-refractivity contribution is -0.384. The molecule has 1 heterocycles. The number of non-ortho nitro benzene ring substituents is 1. The van der Waals surface area contributed by atoms with Crippen LogP contribution in [0, 0.1) is 10.1 Å². The summed E-state index contributed by atoms with van der Waals surface area (Å²) in [5.41, 5.74) is 3.24. The fourth-order valence-electron chi connectivity index (χ4n) is 2.25. The Labute approximate surface area is 110 Å². The van der Waals surface area contributed by atoms with E-state index in [0.717, 1.165) is 17.8 Å². The van der Waals surface area contributed by atoms with Crippen molar-refractivity contribution in [1.82, 2.24) is 5.32 Å². The Kier molecular flexibility index (Phi) is 2.89. The van der Waals surface area contributed by atoms with Crippen LogP contribution in [0.25, 0.3) is 0 Å². The van der Waals surface area contributed by atoms with Gasteiger partial charge in [-0.1, -0.05) is 30.3 Å². The molecular weight excluding hydrogens is 242 g/mol. The van der Waals surface area contributed by atoms with Crippen LogP contribution in [0.4, 0.5) is 11.4 Å². The second kappa shape index (κ2) is 4.70. The van der Waals surface area contributed by atoms with Gasteiger partial charge in [0, 0.05) is 24.4 Å². The molecule has 0 radical (unpaired) electrons. The number of nitro benzene ring substituents is 1. The maximum Gasteiger partial charge on any atom is 0.269 e. The minimum atomic E-state index is -0.375. The summed E-state index contributed by atoms with van der Waals surface area (Å²) in [6.07, 6.45) is -0.102. The van der Waals surface area contributed by atoms with Gasteiger partial charge >= 0.3 is 0 Å². The number of rotatable bonds is 2. The van der Waals surface area contributed by atoms with Crippen LogP contribution in [-0.2, 0) is 6.54 Å². The molecule has 3 rings (SSSR count). The first kappa shape index (κ1) is 11.7. The Hall–Kier alpha value is -2.40. The highest BCUT2D eigenvalue weighted by molar-refractivity contribution is 5.54. The maximum absolute atomic E-state index is 10.8. The van der Waals surface area contributed by atoms with E-state index in [9.17, 15) is 10.1 Å². The minimum Gasteiger partial charge on any atom is -0.366 e. The molecule has 1 aliphatic rings. The van der Waals surface area contributed by atoms with Crippen LogP contribution in [0.1, 0.15) is 17.3 Å². The third-order valence-corrected chi connectivity index (χ3v) is 3.23. The van der Waals surface area contributed by atoms with Gasteiger partial charge in [-0.2, -0.15) is 0 Å². The average molecular weight is 255 g/mol. The number of hydrogen-bond acceptors (Lipinski definition) is 4. The molecule has 19 heavy (non-hydrogen) atoms. The van der Waals surface area contributed by atoms with E-state index < -0.39 is 0 Å². The molecule has 0 aromatic heterocycles. The Morgan fingerprint density at radius 2 is 2.00 bits per heavy atom. The molecule has 2 aromatic carbocycles. The fourth-order valence-corrected chi connectivity index (χ4v) is 2.25. The normalized spacial score (nSPS) is 17.4. The summed E-state index contributed by atoms with van der Waals surface area (Å²) in [7, 11) is 0. The first-order valence-electron chi connectivity index (χ1n) is 6.06. The fraction of sp³-hybridized carbons (Fsp3) is 0.143. The summed E-state index contributed by atoms with van der Waals surface area (Å²) in [5, 5.41) is 17.5. The number of para-hydroxylation sites is 1. The molecule has 5 heteroatoms. The van der Waals surface area contributed by atoms with Gasteiger partial charge in [-0.05, 0) is 17.2 Å². The molecule has 2 N–H and O–H groups in total. The van der Waals surface area contributed by atoms with Gasteiger partial charge < -0.3 is 5.32 Å². The summed E-state index contributed by atoms with van der Waals surface area (Å²) in [6, 6.07) is 14.7. The predicted octanol–water partition coefficient (Wildman–Crippen LogP) is 2.81. The second-order valence-corrected chi connectivity index (χ2v) is 4.47. The van der Waals surface area contributed by atoms with Crippen LogP contribution in [0.2, 0.25) is 0 Å². The third-order valence-electron chi connectivity index (χ3n) is 3.23. The van der Waals surface area contributed by atoms with Crippen molar-refractivity contribution in [1.29, 1.82) is 0 Å². The van der Waals surface area contributed by atoms with E-state index in [2.05, 4.69) is 16.7 Å². The van der Waals surface area contributed by atoms with E-state index in [1.165, 1.54) is 11.6 Å². The quantitative estimate of drug-likeness (QED) is 0.639. The van der Waals surface area contributed by atoms with Crippen molar-refractivity contribution in [2.45, 2.75) is 12.7 Å². The van der Waals surface area contributed by atoms with Crippen molar-refractivity contribution in [2.24, 2.45) is 0 Å². The highest BCUT2D eigenvalue weighted by atomic mass is 16.6. The van der Waals surface area contributed by atoms with Gasteiger partial charge in [0.05, 0.1) is 4.92 Å². The van der Waals surface area contributed by atoms with Gasteiger partial charge in [-0.15, -0.1) is 0 Å². The van der Waals surface area contributed by atoms with Crippen LogP contribution >= 0.6 is 0 Å². The average Bonchev–Trinajstić information content (AvgIpc) is 2.47. The predicted molar refractivity (Wildman–Crippen MR) is 72.7 cm³/mol. The Balaban J connectivity index is 1.89. The molecular formula is C14H13N3O2. The zero-order valence-corrected chi connectivity index (χ0v) is 10.2. The number of fused-ring (bicyclic) bond motifs is 1. The highest BCUT2D eigenvalue weighted by Crippen LogP contribution is 2.27. The summed E-state index contributed by atoms with van der Waals surface area (Å²) < 4.78 is 0. The molecule has 0 saturated heterocycles. The van der Waals surface area contributed by atoms with Crippen molar-refractivity contribution in [3.05, 3.63) is 69.8 Å². The van der Waals surface area contributed by atoms with Crippen LogP contribution in [0.3, 0.4) is 0 Å². The zero-order chi connectivity index (χ0) is 13.2. The Morgan fingerprint density at radius 1 is 1.16 bits per heavy atom. The first-order valence-corrected chi connectivity index (χ1v) is 6.06. The molecule has 1 aliphatic heterocycles. The summed E-state index contributed by atoms with van der Waals surface area (Å²) in [4.78, 5) is 10.4. The second-order valence-electron chi connectivity index (χ2n) is 4.47. The third kappa shape index (κ3) is 2.28. The van der Waals surface area contributed by atoms with Gasteiger partial charge in [-0.25, -0.2) is 0 Å². The lowest BCUT2D eigenvalue weighted by Crippen LogP contribution is -2.32. The molecule has 1 atom stereocenters. The number of nitrogens with zero attached hydrogens (tertiary/aromatic N) is 1. The summed E-state index contributed by atoms with van der Waals surface area (Å²) in [6.45, 7) is 0.747. The SMILES string of the molecule is O=[N+]([O-])c1cccc(C2NCc3ccccc3N2)c1. The highest BCUT2D eigenvalue weighted by Gasteiger charge is 2.19. The molecule has 0 aliphatic carbocycles. The van der Waals surface area contributed by atoms with E-state index in [1.54, 1.807) is 12.1 Å². The molecule has 2 aromatic rings. The topological polar surface area (TPSA) is 67.2 Å². The molecule has 0 amide bonds. The van der Waals surface area contributed by atoms with E-state index >= 15 is 0 Å². The van der Waals surface area contributed by atoms with Crippen molar-refractivity contribution in [3.8, 4) is 0 Å². The van der Waals surface area contributed by atoms with Gasteiger partial charge in [-0.3, -0.25) is 15.4 Å². The number of benzene rings is 2. The number of hydrogen-bond donors (Lipinski definition) is 2. The standard InChI is InChI=1S/C14H13N3O2/c18-17(19)12-6-3-5-10(8-12)14-15-9-11-4-1-2-7-13(11)16-14/h1-8,14-16H,9H2. The molecule has 1 unspecified atom stereocenters. The largest absolute Gasteiger partial charge is 0.366 e. The van der Waals surface area contributed by atoms with E-state index in [4.69, 9.17) is 0 Å². The van der Waals surface area contributed by atoms with E-state index in [0.29, 0.717) is 0 Å². The molecule has 96 valence electrons. The lowest BCUT2D eigenvalue weighted by Gasteiger charge is -2.28. The molecule has 5 nitrogen and oxygen atoms in total. The monoisotopic (exact) mass is 255 g/mol. The van der Waals surface area contributed by atoms with Gasteiger partial charge in [0.15, 0.2) is 0 Å². The van der Waals surface area contributed by atoms with Crippen LogP contribution in [-0.4, -0.2) is 4.92 Å². The van der Waals surface area contributed by atoms with Crippen LogP contribution < -0.4 is 10.6 Å². The minimum absolute atomic E-state index is 0.102. The van der Waals surface area contributed by atoms with E-state index in [1.807, 2.05) is 24.3 Å². The van der Waals surface area contributed by atoms with Crippen LogP contribution in [0.15, 0.2) is 48.5 Å². The number of nitro groups is 1. The summed E-state index contributed by atoms with van der Waals surface area (Å²) >= 11 is 0. The van der Waals surface area contributed by atoms with E-state index in [-0.39, 0.29) is 16.8 Å². The lowest BCUT2D eigenvalue weighted by atomic mass is 10.1. The Morgan fingerprint density at radius 3 is 2.84 bits per heavy atom. The first-order chi connectivity index (χ1) is 9.24. The smallest absolute Gasteiger partial charge is 0.269 e. The maximum atomic E-state index is 10.8. The molecule has 0 bridgehead atoms. The molecule has 0 fully saturated rings. The van der Waals surface area contributed by atoms with Crippen molar-refractivity contribution >= 4 is 11.4 Å². The number of nitrogens with one attached hydrogen (secondary N) is 2. The Bertz CT molecular complexity index is 628. The number of anilines is 1. The molecule has 0 saturated carbocycles. The zero-order valence-electron chi connectivity index (χ0n) is 10.2. The van der Waals surface area contributed by atoms with Gasteiger partial charge in [0.2, 0.25) is 0 Å². The van der Waals surface area contributed by atoms with Crippen molar-refractivity contribution in [2.75, 3.05) is 5.32 Å². The molecule has 0 spiro atoms. The van der Waals surface area contributed by atoms with Crippen molar-refractivity contribution < 1.29 is 4.92 Å². The van der Waals surface area contributed by atoms with Crippen LogP contribution in [0.5, 0.6) is 0 Å².